The summed E-state index contributed by atoms with van der Waals surface area (Å²) < 4.78 is 40.4. The number of rotatable bonds is 5. The monoisotopic (exact) mass is 418 g/mol. The maximum absolute atomic E-state index is 13.4. The summed E-state index contributed by atoms with van der Waals surface area (Å²) in [5.74, 6) is -0.279. The van der Waals surface area contributed by atoms with Crippen molar-refractivity contribution >= 4 is 43.0 Å². The second-order valence-corrected chi connectivity index (χ2v) is 9.78. The molecule has 0 atom stereocenters. The van der Waals surface area contributed by atoms with Gasteiger partial charge in [-0.3, -0.25) is 9.52 Å². The lowest BCUT2D eigenvalue weighted by atomic mass is 10.0. The third-order valence-corrected chi connectivity index (χ3v) is 6.53. The third kappa shape index (κ3) is 3.62. The van der Waals surface area contributed by atoms with Crippen molar-refractivity contribution in [2.24, 2.45) is 0 Å². The molecule has 0 saturated heterocycles. The van der Waals surface area contributed by atoms with E-state index in [1.54, 1.807) is 25.2 Å². The number of anilines is 1. The first-order valence-corrected chi connectivity index (χ1v) is 11.5. The van der Waals surface area contributed by atoms with Gasteiger partial charge in [0, 0.05) is 22.0 Å². The van der Waals surface area contributed by atoms with Crippen LogP contribution in [0.2, 0.25) is 0 Å². The maximum atomic E-state index is 13.4. The van der Waals surface area contributed by atoms with E-state index in [0.29, 0.717) is 17.2 Å². The normalized spacial score (nSPS) is 14.2. The van der Waals surface area contributed by atoms with Gasteiger partial charge in [-0.1, -0.05) is 12.1 Å². The predicted octanol–water partition coefficient (Wildman–Crippen LogP) is 4.32. The standard InChI is InChI=1S/C20H19FN2O3S2/c1-22-20(24)18-15-9-14(11-3-4-11)16(23-28(2,25)26)10-17(15)27-19(18)12-5-7-13(21)8-6-12/h5-11,23H,3-4H2,1-2H3,(H,22,24). The Hall–Kier alpha value is -2.45. The van der Waals surface area contributed by atoms with Crippen LogP contribution in [-0.4, -0.2) is 27.6 Å². The van der Waals surface area contributed by atoms with E-state index in [9.17, 15) is 17.6 Å². The Balaban J connectivity index is 1.97. The molecular formula is C20H19FN2O3S2. The van der Waals surface area contributed by atoms with E-state index in [-0.39, 0.29) is 11.7 Å². The van der Waals surface area contributed by atoms with Gasteiger partial charge >= 0.3 is 0 Å². The van der Waals surface area contributed by atoms with Gasteiger partial charge in [-0.25, -0.2) is 12.8 Å². The number of hydrogen-bond acceptors (Lipinski definition) is 4. The quantitative estimate of drug-likeness (QED) is 0.648. The lowest BCUT2D eigenvalue weighted by molar-refractivity contribution is 0.0965. The van der Waals surface area contributed by atoms with Crippen LogP contribution in [0.5, 0.6) is 0 Å². The number of thiophene rings is 1. The number of sulfonamides is 1. The Bertz CT molecular complexity index is 1180. The molecule has 4 rings (SSSR count). The van der Waals surface area contributed by atoms with E-state index in [1.807, 2.05) is 6.07 Å². The fourth-order valence-corrected chi connectivity index (χ4v) is 5.14. The van der Waals surface area contributed by atoms with Crippen molar-refractivity contribution in [2.75, 3.05) is 18.0 Å². The molecule has 5 nitrogen and oxygen atoms in total. The molecule has 1 saturated carbocycles. The lowest BCUT2D eigenvalue weighted by Gasteiger charge is -2.11. The predicted molar refractivity (Wildman–Crippen MR) is 111 cm³/mol. The minimum Gasteiger partial charge on any atom is -0.355 e. The van der Waals surface area contributed by atoms with Crippen molar-refractivity contribution in [1.29, 1.82) is 0 Å². The molecule has 0 radical (unpaired) electrons. The second-order valence-electron chi connectivity index (χ2n) is 6.98. The molecule has 28 heavy (non-hydrogen) atoms. The van der Waals surface area contributed by atoms with Crippen molar-refractivity contribution < 1.29 is 17.6 Å². The molecule has 1 amide bonds. The van der Waals surface area contributed by atoms with Crippen LogP contribution >= 0.6 is 11.3 Å². The number of carbonyl (C=O) groups excluding carboxylic acids is 1. The van der Waals surface area contributed by atoms with Crippen molar-refractivity contribution in [2.45, 2.75) is 18.8 Å². The Labute approximate surface area is 166 Å². The van der Waals surface area contributed by atoms with Crippen LogP contribution in [0.1, 0.15) is 34.7 Å². The summed E-state index contributed by atoms with van der Waals surface area (Å²) in [4.78, 5) is 13.4. The van der Waals surface area contributed by atoms with Gasteiger partial charge in [0.1, 0.15) is 5.82 Å². The summed E-state index contributed by atoms with van der Waals surface area (Å²) in [5, 5.41) is 3.46. The first-order valence-electron chi connectivity index (χ1n) is 8.83. The molecule has 2 N–H and O–H groups in total. The Morgan fingerprint density at radius 1 is 1.18 bits per heavy atom. The molecule has 2 aromatic carbocycles. The minimum atomic E-state index is -3.42. The third-order valence-electron chi connectivity index (χ3n) is 4.73. The number of fused-ring (bicyclic) bond motifs is 1. The molecule has 0 unspecified atom stereocenters. The maximum Gasteiger partial charge on any atom is 0.253 e. The number of nitrogens with one attached hydrogen (secondary N) is 2. The summed E-state index contributed by atoms with van der Waals surface area (Å²) in [5.41, 5.74) is 2.74. The van der Waals surface area contributed by atoms with Gasteiger partial charge in [-0.05, 0) is 54.2 Å². The summed E-state index contributed by atoms with van der Waals surface area (Å²) in [6.07, 6.45) is 3.12. The van der Waals surface area contributed by atoms with E-state index >= 15 is 0 Å². The lowest BCUT2D eigenvalue weighted by Crippen LogP contribution is -2.18. The topological polar surface area (TPSA) is 75.3 Å². The minimum absolute atomic E-state index is 0.226. The van der Waals surface area contributed by atoms with Gasteiger partial charge in [0.25, 0.3) is 5.91 Å². The van der Waals surface area contributed by atoms with E-state index in [2.05, 4.69) is 10.0 Å². The number of carbonyl (C=O) groups is 1. The SMILES string of the molecule is CNC(=O)c1c(-c2ccc(F)cc2)sc2cc(NS(C)(=O)=O)c(C3CC3)cc12. The van der Waals surface area contributed by atoms with Crippen molar-refractivity contribution in [3.05, 3.63) is 53.3 Å². The highest BCUT2D eigenvalue weighted by Gasteiger charge is 2.29. The molecule has 1 aromatic heterocycles. The molecule has 1 fully saturated rings. The van der Waals surface area contributed by atoms with E-state index in [4.69, 9.17) is 0 Å². The largest absolute Gasteiger partial charge is 0.355 e. The zero-order valence-electron chi connectivity index (χ0n) is 15.4. The summed E-state index contributed by atoms with van der Waals surface area (Å²) in [7, 11) is -1.85. The molecule has 1 aliphatic carbocycles. The zero-order chi connectivity index (χ0) is 20.1. The highest BCUT2D eigenvalue weighted by Crippen LogP contribution is 2.48. The number of benzene rings is 2. The van der Waals surface area contributed by atoms with Gasteiger partial charge in [0.15, 0.2) is 0 Å². The molecule has 1 aliphatic rings. The van der Waals surface area contributed by atoms with Gasteiger partial charge < -0.3 is 5.32 Å². The highest BCUT2D eigenvalue weighted by molar-refractivity contribution is 7.92. The van der Waals surface area contributed by atoms with E-state index in [1.165, 1.54) is 23.5 Å². The molecule has 1 heterocycles. The van der Waals surface area contributed by atoms with Gasteiger partial charge in [0.05, 0.1) is 17.5 Å². The Morgan fingerprint density at radius 3 is 2.43 bits per heavy atom. The van der Waals surface area contributed by atoms with E-state index < -0.39 is 10.0 Å². The van der Waals surface area contributed by atoms with E-state index in [0.717, 1.165) is 45.2 Å². The van der Waals surface area contributed by atoms with Crippen molar-refractivity contribution in [1.82, 2.24) is 5.32 Å². The van der Waals surface area contributed by atoms with Crippen LogP contribution in [0.25, 0.3) is 20.5 Å². The van der Waals surface area contributed by atoms with Crippen molar-refractivity contribution in [3.8, 4) is 10.4 Å². The first kappa shape index (κ1) is 18.9. The summed E-state index contributed by atoms with van der Waals surface area (Å²) in [6, 6.07) is 9.73. The molecule has 146 valence electrons. The Kier molecular flexibility index (Phi) is 4.63. The second kappa shape index (κ2) is 6.86. The van der Waals surface area contributed by atoms with Gasteiger partial charge in [0.2, 0.25) is 10.0 Å². The molecule has 8 heteroatoms. The number of hydrogen-bond donors (Lipinski definition) is 2. The van der Waals surface area contributed by atoms with Gasteiger partial charge in [-0.15, -0.1) is 11.3 Å². The molecular weight excluding hydrogens is 399 g/mol. The van der Waals surface area contributed by atoms with Crippen LogP contribution in [0, 0.1) is 5.82 Å². The van der Waals surface area contributed by atoms with Crippen LogP contribution in [0.15, 0.2) is 36.4 Å². The van der Waals surface area contributed by atoms with Crippen LogP contribution < -0.4 is 10.0 Å². The zero-order valence-corrected chi connectivity index (χ0v) is 17.0. The van der Waals surface area contributed by atoms with Gasteiger partial charge in [-0.2, -0.15) is 0 Å². The number of halogens is 1. The Morgan fingerprint density at radius 2 is 1.86 bits per heavy atom. The number of amides is 1. The highest BCUT2D eigenvalue weighted by atomic mass is 32.2. The summed E-state index contributed by atoms with van der Waals surface area (Å²) in [6.45, 7) is 0. The molecule has 0 bridgehead atoms. The average Bonchev–Trinajstić information content (AvgIpc) is 3.41. The van der Waals surface area contributed by atoms with Crippen molar-refractivity contribution in [3.63, 3.8) is 0 Å². The fourth-order valence-electron chi connectivity index (χ4n) is 3.33. The summed E-state index contributed by atoms with van der Waals surface area (Å²) >= 11 is 1.39. The van der Waals surface area contributed by atoms with Crippen LogP contribution in [0.4, 0.5) is 10.1 Å². The molecule has 0 spiro atoms. The average molecular weight is 419 g/mol. The fraction of sp³-hybridized carbons (Fsp3) is 0.250. The molecule has 3 aromatic rings. The smallest absolute Gasteiger partial charge is 0.253 e. The molecule has 0 aliphatic heterocycles. The van der Waals surface area contributed by atoms with Crippen LogP contribution in [-0.2, 0) is 10.0 Å². The first-order chi connectivity index (χ1) is 13.3. The van der Waals surface area contributed by atoms with Crippen LogP contribution in [0.3, 0.4) is 0 Å².